The zero-order chi connectivity index (χ0) is 29.0. The van der Waals surface area contributed by atoms with Crippen molar-refractivity contribution in [3.05, 3.63) is 122 Å². The Morgan fingerprint density at radius 2 is 1.38 bits per heavy atom. The first-order valence-corrected chi connectivity index (χ1v) is 16.2. The van der Waals surface area contributed by atoms with Gasteiger partial charge in [0.2, 0.25) is 0 Å². The fraction of sp³-hybridized carbons (Fsp3) is 0.385. The quantitative estimate of drug-likeness (QED) is 0.245. The molecule has 2 aliphatic rings. The first-order chi connectivity index (χ1) is 19.0. The van der Waals surface area contributed by atoms with Gasteiger partial charge in [-0.3, -0.25) is 0 Å². The molecule has 222 valence electrons. The minimum atomic E-state index is 0. The smallest absolute Gasteiger partial charge is 0.0253 e. The molecule has 0 heterocycles. The van der Waals surface area contributed by atoms with Gasteiger partial charge in [0.05, 0.1) is 0 Å². The van der Waals surface area contributed by atoms with Gasteiger partial charge in [-0.05, 0) is 37.0 Å². The van der Waals surface area contributed by atoms with Gasteiger partial charge < -0.3 is 24.8 Å². The SMILES string of the molecule is C[C](=[Zr+2])c1ccc(C)cc1.Cc1[c-]c2c(cc1C)-c1cc(C)c(C)cc1C2.Cc1cc(C2(C)CCCCC2)c[cH-]1.[Cl-].[Cl-]. The zero-order valence-electron chi connectivity index (χ0n) is 26.8. The van der Waals surface area contributed by atoms with E-state index < -0.39 is 0 Å². The van der Waals surface area contributed by atoms with Gasteiger partial charge in [0, 0.05) is 0 Å². The van der Waals surface area contributed by atoms with Gasteiger partial charge in [-0.1, -0.05) is 82.9 Å². The summed E-state index contributed by atoms with van der Waals surface area (Å²) < 4.78 is 1.46. The number of hydrogen-bond acceptors (Lipinski definition) is 0. The summed E-state index contributed by atoms with van der Waals surface area (Å²) in [6, 6.07) is 26.1. The maximum atomic E-state index is 3.54. The van der Waals surface area contributed by atoms with E-state index in [0.29, 0.717) is 5.41 Å². The molecule has 1 fully saturated rings. The molecular weight excluding hydrogens is 631 g/mol. The number of benzene rings is 3. The largest absolute Gasteiger partial charge is 1.00 e. The number of fused-ring (bicyclic) bond motifs is 3. The van der Waals surface area contributed by atoms with Crippen LogP contribution in [0.4, 0.5) is 0 Å². The molecule has 3 heteroatoms. The van der Waals surface area contributed by atoms with Crippen LogP contribution in [-0.4, -0.2) is 3.21 Å². The third-order valence-electron chi connectivity index (χ3n) is 9.04. The number of rotatable bonds is 2. The summed E-state index contributed by atoms with van der Waals surface area (Å²) in [6.07, 6.45) is 8.09. The maximum absolute atomic E-state index is 3.54. The summed E-state index contributed by atoms with van der Waals surface area (Å²) in [4.78, 5) is 0. The molecule has 0 nitrogen and oxygen atoms in total. The molecule has 0 aromatic heterocycles. The fourth-order valence-corrected chi connectivity index (χ4v) is 6.42. The summed E-state index contributed by atoms with van der Waals surface area (Å²) in [7, 11) is 0. The minimum Gasteiger partial charge on any atom is -1.00 e. The van der Waals surface area contributed by atoms with Crippen LogP contribution >= 0.6 is 0 Å². The standard InChI is InChI=1S/C17H17.C13H19.C9H10.2ClH.Zr/c1-10-5-14-9-15-6-11(2)13(4)8-17(15)16(14)7-12(10)3;1-11-6-7-12(10-11)13(2)8-4-3-5-9-13;1-3-9-6-4-8(2)5-7-9;;;/h5,7-8H,9H2,1-4H3;6-7,10H,3-5,8-9H2,1-2H3;4-7H,1-2H3;2*1H;/q2*-1;;;;+2/p-2. The van der Waals surface area contributed by atoms with Crippen molar-refractivity contribution in [2.24, 2.45) is 0 Å². The van der Waals surface area contributed by atoms with Gasteiger partial charge >= 0.3 is 76.7 Å². The average molecular weight is 677 g/mol. The third-order valence-corrected chi connectivity index (χ3v) is 9.75. The number of hydrogen-bond donors (Lipinski definition) is 0. The molecule has 6 rings (SSSR count). The van der Waals surface area contributed by atoms with E-state index in [1.807, 2.05) is 0 Å². The zero-order valence-corrected chi connectivity index (χ0v) is 30.7. The van der Waals surface area contributed by atoms with E-state index in [9.17, 15) is 0 Å². The van der Waals surface area contributed by atoms with Gasteiger partial charge in [0.1, 0.15) is 0 Å². The Hall–Kier alpha value is -1.66. The van der Waals surface area contributed by atoms with Crippen LogP contribution in [0.5, 0.6) is 0 Å². The van der Waals surface area contributed by atoms with Gasteiger partial charge in [-0.2, -0.15) is 46.5 Å². The second-order valence-corrected chi connectivity index (χ2v) is 14.4. The van der Waals surface area contributed by atoms with Gasteiger partial charge in [0.15, 0.2) is 0 Å². The van der Waals surface area contributed by atoms with Crippen LogP contribution in [-0.2, 0) is 36.1 Å². The van der Waals surface area contributed by atoms with Crippen molar-refractivity contribution in [1.82, 2.24) is 0 Å². The molecule has 0 aliphatic heterocycles. The Balaban J connectivity index is 0.000000223. The number of halogens is 2. The van der Waals surface area contributed by atoms with E-state index in [1.54, 1.807) is 5.56 Å². The minimum absolute atomic E-state index is 0. The fourth-order valence-electron chi connectivity index (χ4n) is 6.01. The Morgan fingerprint density at radius 3 is 1.95 bits per heavy atom. The van der Waals surface area contributed by atoms with E-state index >= 15 is 0 Å². The van der Waals surface area contributed by atoms with Crippen molar-refractivity contribution in [3.8, 4) is 11.1 Å². The molecule has 42 heavy (non-hydrogen) atoms. The van der Waals surface area contributed by atoms with Gasteiger partial charge in [-0.15, -0.1) is 11.1 Å². The van der Waals surface area contributed by atoms with Crippen LogP contribution in [0.15, 0.2) is 60.7 Å². The van der Waals surface area contributed by atoms with E-state index in [1.165, 1.54) is 121 Å². The summed E-state index contributed by atoms with van der Waals surface area (Å²) in [5.74, 6) is 0. The summed E-state index contributed by atoms with van der Waals surface area (Å²) in [5.41, 5.74) is 17.2. The van der Waals surface area contributed by atoms with Crippen LogP contribution in [0, 0.1) is 47.6 Å². The second-order valence-electron chi connectivity index (χ2n) is 12.5. The van der Waals surface area contributed by atoms with Crippen molar-refractivity contribution in [2.45, 2.75) is 99.3 Å². The Kier molecular flexibility index (Phi) is 13.8. The van der Waals surface area contributed by atoms with Crippen molar-refractivity contribution >= 4 is 3.21 Å². The van der Waals surface area contributed by atoms with Crippen LogP contribution in [0.2, 0.25) is 0 Å². The molecule has 1 saturated carbocycles. The Bertz CT molecular complexity index is 1430. The summed E-state index contributed by atoms with van der Waals surface area (Å²) in [5, 5.41) is 0. The predicted molar refractivity (Wildman–Crippen MR) is 171 cm³/mol. The average Bonchev–Trinajstić information content (AvgIpc) is 3.50. The molecule has 0 bridgehead atoms. The summed E-state index contributed by atoms with van der Waals surface area (Å²) >= 11 is 1.51. The molecule has 2 aliphatic carbocycles. The predicted octanol–water partition coefficient (Wildman–Crippen LogP) is 4.32. The molecular formula is C39H46Cl2Zr-2. The monoisotopic (exact) mass is 674 g/mol. The van der Waals surface area contributed by atoms with Crippen LogP contribution in [0.3, 0.4) is 0 Å². The number of aryl methyl sites for hydroxylation is 6. The molecule has 0 spiro atoms. The molecule has 0 N–H and O–H groups in total. The van der Waals surface area contributed by atoms with E-state index in [2.05, 4.69) is 122 Å². The first kappa shape index (κ1) is 36.5. The van der Waals surface area contributed by atoms with Gasteiger partial charge in [-0.25, -0.2) is 6.07 Å². The molecule has 0 amide bonds. The molecule has 4 aromatic carbocycles. The van der Waals surface area contributed by atoms with Crippen LogP contribution < -0.4 is 24.8 Å². The van der Waals surface area contributed by atoms with Crippen molar-refractivity contribution < 1.29 is 49.0 Å². The van der Waals surface area contributed by atoms with Crippen LogP contribution in [0.1, 0.15) is 102 Å². The Morgan fingerprint density at radius 1 is 0.786 bits per heavy atom. The van der Waals surface area contributed by atoms with Crippen molar-refractivity contribution in [1.29, 1.82) is 0 Å². The van der Waals surface area contributed by atoms with Crippen LogP contribution in [0.25, 0.3) is 11.1 Å². The molecule has 0 atom stereocenters. The Labute approximate surface area is 283 Å². The second kappa shape index (κ2) is 15.9. The van der Waals surface area contributed by atoms with E-state index in [0.717, 1.165) is 6.42 Å². The van der Waals surface area contributed by atoms with Crippen molar-refractivity contribution in [2.75, 3.05) is 0 Å². The maximum Gasteiger partial charge on any atom is -0.0253 e. The first-order valence-electron chi connectivity index (χ1n) is 15.0. The molecule has 0 saturated heterocycles. The van der Waals surface area contributed by atoms with Gasteiger partial charge in [0.25, 0.3) is 0 Å². The topological polar surface area (TPSA) is 0 Å². The molecule has 0 unspecified atom stereocenters. The van der Waals surface area contributed by atoms with E-state index in [-0.39, 0.29) is 24.8 Å². The summed E-state index contributed by atoms with van der Waals surface area (Å²) in [6.45, 7) is 17.6. The third kappa shape index (κ3) is 8.94. The molecule has 4 aromatic rings. The van der Waals surface area contributed by atoms with Crippen molar-refractivity contribution in [3.63, 3.8) is 0 Å². The molecule has 0 radical (unpaired) electrons. The van der Waals surface area contributed by atoms with E-state index in [4.69, 9.17) is 0 Å². The normalized spacial score (nSPS) is 14.0.